The first-order chi connectivity index (χ1) is 26.1. The maximum atomic E-state index is 13.9. The number of esters is 1. The predicted molar refractivity (Wildman–Crippen MR) is 217 cm³/mol. The molecule has 1 aliphatic heterocycles. The van der Waals surface area contributed by atoms with E-state index in [0.29, 0.717) is 30.6 Å². The molecule has 0 saturated carbocycles. The van der Waals surface area contributed by atoms with Gasteiger partial charge in [0.25, 0.3) is 5.56 Å². The number of phosphoric ester groups is 1. The molecule has 2 heterocycles. The first-order valence-corrected chi connectivity index (χ1v) is 23.8. The molecule has 5 atom stereocenters. The summed E-state index contributed by atoms with van der Waals surface area (Å²) in [4.78, 5) is 58.8. The molecule has 9 N–H and O–H groups in total. The van der Waals surface area contributed by atoms with Gasteiger partial charge in [0, 0.05) is 18.2 Å². The van der Waals surface area contributed by atoms with E-state index in [0.717, 1.165) is 36.7 Å². The summed E-state index contributed by atoms with van der Waals surface area (Å²) in [5.74, 6) is -0.0636. The number of unbranched alkanes of at least 4 members (excludes halogenated alkanes) is 12. The minimum Gasteiger partial charge on any atom is -0.427 e. The highest BCUT2D eigenvalue weighted by Crippen LogP contribution is 2.69. The first-order valence-electron chi connectivity index (χ1n) is 19.1. The molecule has 3 rings (SSSR count). The number of nitrogens with zero attached hydrogens (tertiary/aromatic N) is 1. The number of rotatable bonds is 28. The maximum Gasteiger partial charge on any atom is 0.488 e. The van der Waals surface area contributed by atoms with Gasteiger partial charge in [0.1, 0.15) is 11.9 Å². The molecular formula is C36H63N4O14P3. The fourth-order valence-electron chi connectivity index (χ4n) is 5.62. The van der Waals surface area contributed by atoms with Gasteiger partial charge in [-0.15, -0.1) is 0 Å². The monoisotopic (exact) mass is 868 g/mol. The van der Waals surface area contributed by atoms with Crippen molar-refractivity contribution in [2.45, 2.75) is 136 Å². The Morgan fingerprint density at radius 1 is 0.789 bits per heavy atom. The van der Waals surface area contributed by atoms with Gasteiger partial charge in [-0.05, 0) is 43.5 Å². The van der Waals surface area contributed by atoms with Crippen LogP contribution in [0.4, 0.5) is 0 Å². The third-order valence-corrected chi connectivity index (χ3v) is 14.0. The largest absolute Gasteiger partial charge is 0.488 e. The van der Waals surface area contributed by atoms with Crippen molar-refractivity contribution in [2.24, 2.45) is 0 Å². The minimum absolute atomic E-state index is 0. The molecule has 1 aromatic heterocycles. The Morgan fingerprint density at radius 2 is 1.37 bits per heavy atom. The molecule has 21 heteroatoms. The topological polar surface area (TPSA) is 289 Å². The zero-order valence-corrected chi connectivity index (χ0v) is 36.1. The standard InChI is InChI=1S/C36H57N2O14P3.2H3N/c1-4-6-8-9-10-11-12-13-14-15-16-17-25-53(42,47-27-30-19-21-31(22-20-30)50-34(39)18-7-5-2)51-55(45,46)52-54(43,44)48-28-32-23-24-33(49-32)38-26-29(3)35(40)37-36(38)41;;/h19-24,26,32-33H,4-18,25,27-28H2,1-3H3,(H,43,44)(H,45,46)(H,37,40,41);2*1H3/t32-,33+,53?;;/m0../s1. The quantitative estimate of drug-likeness (QED) is 0.0175. The van der Waals surface area contributed by atoms with E-state index in [1.165, 1.54) is 75.9 Å². The van der Waals surface area contributed by atoms with Crippen molar-refractivity contribution in [3.05, 3.63) is 74.6 Å². The van der Waals surface area contributed by atoms with Crippen LogP contribution in [-0.2, 0) is 47.5 Å². The fourth-order valence-corrected chi connectivity index (χ4v) is 10.4. The Balaban J connectivity index is 0.00000812. The molecule has 0 bridgehead atoms. The summed E-state index contributed by atoms with van der Waals surface area (Å²) in [6.07, 6.45) is 16.2. The number of benzene rings is 1. The van der Waals surface area contributed by atoms with Gasteiger partial charge in [0.15, 0.2) is 6.23 Å². The fraction of sp³-hybridized carbons (Fsp3) is 0.639. The van der Waals surface area contributed by atoms with Crippen molar-refractivity contribution in [1.82, 2.24) is 21.9 Å². The van der Waals surface area contributed by atoms with E-state index in [9.17, 15) is 37.9 Å². The van der Waals surface area contributed by atoms with E-state index >= 15 is 0 Å². The number of H-pyrrole nitrogens is 1. The number of carbonyl (C=O) groups excluding carboxylic acids is 1. The van der Waals surface area contributed by atoms with Crippen LogP contribution in [0.3, 0.4) is 0 Å². The van der Waals surface area contributed by atoms with Crippen LogP contribution in [0.15, 0.2) is 52.2 Å². The van der Waals surface area contributed by atoms with Gasteiger partial charge >= 0.3 is 34.9 Å². The number of phosphoric acid groups is 2. The lowest BCUT2D eigenvalue weighted by Gasteiger charge is -2.23. The summed E-state index contributed by atoms with van der Waals surface area (Å²) < 4.78 is 71.6. The van der Waals surface area contributed by atoms with Crippen LogP contribution in [0, 0.1) is 6.92 Å². The summed E-state index contributed by atoms with van der Waals surface area (Å²) in [5, 5.41) is 0. The molecule has 326 valence electrons. The van der Waals surface area contributed by atoms with Gasteiger partial charge in [-0.3, -0.25) is 28.2 Å². The van der Waals surface area contributed by atoms with Crippen molar-refractivity contribution in [3.8, 4) is 5.75 Å². The number of aryl methyl sites for hydroxylation is 1. The highest BCUT2D eigenvalue weighted by molar-refractivity contribution is 7.68. The predicted octanol–water partition coefficient (Wildman–Crippen LogP) is 9.08. The van der Waals surface area contributed by atoms with Gasteiger partial charge in [0.05, 0.1) is 19.4 Å². The number of nitrogens with one attached hydrogen (secondary N) is 1. The second-order valence-electron chi connectivity index (χ2n) is 13.5. The average Bonchev–Trinajstić information content (AvgIpc) is 3.60. The van der Waals surface area contributed by atoms with Gasteiger partial charge in [-0.1, -0.05) is 109 Å². The Bertz CT molecular complexity index is 1790. The number of hydrogen-bond donors (Lipinski definition) is 5. The second-order valence-corrected chi connectivity index (χ2v) is 18.9. The van der Waals surface area contributed by atoms with Gasteiger partial charge in [-0.25, -0.2) is 18.2 Å². The number of ether oxygens (including phenoxy) is 2. The van der Waals surface area contributed by atoms with E-state index in [1.807, 2.05) is 6.92 Å². The summed E-state index contributed by atoms with van der Waals surface area (Å²) in [7, 11) is -15.3. The Morgan fingerprint density at radius 3 is 1.96 bits per heavy atom. The van der Waals surface area contributed by atoms with Crippen LogP contribution in [0.1, 0.15) is 128 Å². The third kappa shape index (κ3) is 20.3. The normalized spacial score (nSPS) is 18.1. The third-order valence-electron chi connectivity index (χ3n) is 8.66. The molecule has 0 fully saturated rings. The summed E-state index contributed by atoms with van der Waals surface area (Å²) in [6, 6.07) is 6.20. The van der Waals surface area contributed by atoms with Gasteiger partial charge in [-0.2, -0.15) is 4.31 Å². The summed E-state index contributed by atoms with van der Waals surface area (Å²) >= 11 is 0. The van der Waals surface area contributed by atoms with E-state index in [-0.39, 0.29) is 43.0 Å². The molecular weight excluding hydrogens is 805 g/mol. The van der Waals surface area contributed by atoms with Crippen molar-refractivity contribution in [3.63, 3.8) is 0 Å². The molecule has 3 unspecified atom stereocenters. The van der Waals surface area contributed by atoms with Gasteiger partial charge in [0.2, 0.25) is 0 Å². The number of aromatic amines is 1. The van der Waals surface area contributed by atoms with E-state index in [4.69, 9.17) is 22.8 Å². The molecule has 57 heavy (non-hydrogen) atoms. The van der Waals surface area contributed by atoms with E-state index < -0.39 is 53.4 Å². The first kappa shape index (κ1) is 52.5. The minimum atomic E-state index is -5.53. The van der Waals surface area contributed by atoms with Crippen LogP contribution in [0.2, 0.25) is 0 Å². The van der Waals surface area contributed by atoms with Crippen LogP contribution >= 0.6 is 23.2 Å². The number of hydrogen-bond acceptors (Lipinski definition) is 14. The Labute approximate surface area is 335 Å². The van der Waals surface area contributed by atoms with Crippen LogP contribution in [0.25, 0.3) is 0 Å². The zero-order valence-electron chi connectivity index (χ0n) is 33.4. The van der Waals surface area contributed by atoms with Crippen molar-refractivity contribution in [1.29, 1.82) is 0 Å². The highest BCUT2D eigenvalue weighted by atomic mass is 31.3. The molecule has 0 radical (unpaired) electrons. The molecule has 0 aliphatic carbocycles. The summed E-state index contributed by atoms with van der Waals surface area (Å²) in [5.41, 5.74) is -0.561. The van der Waals surface area contributed by atoms with Crippen molar-refractivity contribution >= 4 is 29.2 Å². The van der Waals surface area contributed by atoms with Crippen molar-refractivity contribution < 1.29 is 55.4 Å². The molecule has 0 saturated heterocycles. The van der Waals surface area contributed by atoms with Crippen LogP contribution < -0.4 is 28.3 Å². The lowest BCUT2D eigenvalue weighted by atomic mass is 10.1. The smallest absolute Gasteiger partial charge is 0.427 e. The number of aromatic nitrogens is 2. The molecule has 1 aliphatic rings. The Kier molecular flexibility index (Phi) is 24.4. The maximum absolute atomic E-state index is 13.9. The molecule has 1 aromatic carbocycles. The molecule has 0 spiro atoms. The molecule has 2 aromatic rings. The second kappa shape index (κ2) is 26.5. The lowest BCUT2D eigenvalue weighted by Crippen LogP contribution is -2.33. The number of carbonyl (C=O) groups is 1. The Hall–Kier alpha value is -2.56. The van der Waals surface area contributed by atoms with Crippen LogP contribution in [-0.4, -0.2) is 44.2 Å². The van der Waals surface area contributed by atoms with Crippen molar-refractivity contribution in [2.75, 3.05) is 12.8 Å². The lowest BCUT2D eigenvalue weighted by molar-refractivity contribution is -0.134. The van der Waals surface area contributed by atoms with Gasteiger partial charge < -0.3 is 36.1 Å². The summed E-state index contributed by atoms with van der Waals surface area (Å²) in [6.45, 7) is 4.69. The highest BCUT2D eigenvalue weighted by Gasteiger charge is 2.43. The molecule has 0 amide bonds. The SMILES string of the molecule is CCCCCCCCCCCCCCP(=O)(OCc1ccc(OC(=O)CCCC)cc1)OP(=O)(O)OP(=O)(O)OC[C@@H]1C=C[C@H](n2cc(C)c(=O)[nH]c2=O)O1.N.N. The van der Waals surface area contributed by atoms with Crippen LogP contribution in [0.5, 0.6) is 5.75 Å². The molecule has 18 nitrogen and oxygen atoms in total. The zero-order chi connectivity index (χ0) is 40.3. The van der Waals surface area contributed by atoms with E-state index in [2.05, 4.69) is 16.2 Å². The van der Waals surface area contributed by atoms with E-state index in [1.54, 1.807) is 12.1 Å². The average molecular weight is 869 g/mol.